The first kappa shape index (κ1) is 13.8. The number of nitrogens with one attached hydrogen (secondary N) is 1. The van der Waals surface area contributed by atoms with Crippen LogP contribution < -0.4 is 5.32 Å². The van der Waals surface area contributed by atoms with Gasteiger partial charge in [-0.3, -0.25) is 4.79 Å². The maximum Gasteiger partial charge on any atom is 0.328 e. The van der Waals surface area contributed by atoms with Crippen LogP contribution in [-0.4, -0.2) is 36.2 Å². The number of carboxylic acid groups (broad SMARTS) is 1. The molecule has 1 aliphatic rings. The molecular formula is C13H15NO4S. The van der Waals surface area contributed by atoms with Crippen molar-refractivity contribution in [3.8, 4) is 0 Å². The van der Waals surface area contributed by atoms with Crippen LogP contribution in [0.15, 0.2) is 17.5 Å². The molecule has 0 aliphatic carbocycles. The Morgan fingerprint density at radius 3 is 3.11 bits per heavy atom. The minimum atomic E-state index is -1.03. The molecule has 6 heteroatoms. The Hall–Kier alpha value is -1.66. The van der Waals surface area contributed by atoms with Crippen LogP contribution in [-0.2, 0) is 9.53 Å². The third-order valence-corrected chi connectivity index (χ3v) is 3.75. The van der Waals surface area contributed by atoms with Gasteiger partial charge < -0.3 is 15.2 Å². The molecule has 0 saturated carbocycles. The van der Waals surface area contributed by atoms with Crippen molar-refractivity contribution in [1.82, 2.24) is 5.32 Å². The zero-order valence-corrected chi connectivity index (χ0v) is 11.1. The van der Waals surface area contributed by atoms with Crippen molar-refractivity contribution in [2.45, 2.75) is 18.9 Å². The number of ether oxygens (including phenoxy) is 1. The molecule has 1 amide bonds. The summed E-state index contributed by atoms with van der Waals surface area (Å²) in [7, 11) is 0. The second-order valence-corrected chi connectivity index (χ2v) is 5.14. The Morgan fingerprint density at radius 1 is 1.58 bits per heavy atom. The maximum absolute atomic E-state index is 12.0. The second-order valence-electron chi connectivity index (χ2n) is 4.22. The quantitative estimate of drug-likeness (QED) is 0.806. The van der Waals surface area contributed by atoms with Gasteiger partial charge >= 0.3 is 5.97 Å². The van der Waals surface area contributed by atoms with Gasteiger partial charge in [-0.05, 0) is 35.9 Å². The highest BCUT2D eigenvalue weighted by atomic mass is 32.1. The number of aliphatic carboxylic acids is 1. The monoisotopic (exact) mass is 281 g/mol. The summed E-state index contributed by atoms with van der Waals surface area (Å²) in [6.45, 7) is 1.25. The molecule has 0 radical (unpaired) electrons. The summed E-state index contributed by atoms with van der Waals surface area (Å²) >= 11 is 1.29. The third-order valence-electron chi connectivity index (χ3n) is 2.82. The first-order chi connectivity index (χ1) is 9.16. The Balaban J connectivity index is 1.94. The minimum Gasteiger partial charge on any atom is -0.478 e. The highest BCUT2D eigenvalue weighted by Crippen LogP contribution is 2.18. The smallest absolute Gasteiger partial charge is 0.328 e. The van der Waals surface area contributed by atoms with Crippen molar-refractivity contribution in [3.05, 3.63) is 28.0 Å². The molecule has 1 atom stereocenters. The molecule has 19 heavy (non-hydrogen) atoms. The molecule has 2 rings (SSSR count). The molecule has 1 aromatic heterocycles. The van der Waals surface area contributed by atoms with Crippen LogP contribution >= 0.6 is 11.3 Å². The van der Waals surface area contributed by atoms with Gasteiger partial charge in [-0.25, -0.2) is 4.79 Å². The van der Waals surface area contributed by atoms with E-state index in [4.69, 9.17) is 9.84 Å². The summed E-state index contributed by atoms with van der Waals surface area (Å²) < 4.78 is 5.43. The van der Waals surface area contributed by atoms with E-state index in [2.05, 4.69) is 5.32 Å². The molecule has 0 bridgehead atoms. The third kappa shape index (κ3) is 3.90. The Bertz CT molecular complexity index is 489. The van der Waals surface area contributed by atoms with Crippen LogP contribution in [0, 0.1) is 0 Å². The van der Waals surface area contributed by atoms with E-state index < -0.39 is 5.97 Å². The van der Waals surface area contributed by atoms with E-state index in [-0.39, 0.29) is 12.0 Å². The number of carbonyl (C=O) groups is 2. The Morgan fingerprint density at radius 2 is 2.42 bits per heavy atom. The predicted molar refractivity (Wildman–Crippen MR) is 72.3 cm³/mol. The zero-order chi connectivity index (χ0) is 13.7. The predicted octanol–water partition coefficient (Wildman–Crippen LogP) is 1.75. The van der Waals surface area contributed by atoms with Gasteiger partial charge in [0.15, 0.2) is 0 Å². The van der Waals surface area contributed by atoms with Gasteiger partial charge in [-0.15, -0.1) is 11.3 Å². The van der Waals surface area contributed by atoms with Crippen molar-refractivity contribution >= 4 is 29.3 Å². The van der Waals surface area contributed by atoms with E-state index in [0.29, 0.717) is 17.0 Å². The van der Waals surface area contributed by atoms with Crippen molar-refractivity contribution in [1.29, 1.82) is 0 Å². The number of carbonyl (C=O) groups excluding carboxylic acids is 1. The number of carboxylic acids is 1. The van der Waals surface area contributed by atoms with E-state index in [0.717, 1.165) is 25.5 Å². The molecule has 2 N–H and O–H groups in total. The second kappa shape index (κ2) is 6.49. The number of hydrogen-bond donors (Lipinski definition) is 2. The molecule has 2 heterocycles. The van der Waals surface area contributed by atoms with Crippen LogP contribution in [0.5, 0.6) is 0 Å². The zero-order valence-electron chi connectivity index (χ0n) is 10.3. The Kier molecular flexibility index (Phi) is 4.70. The average Bonchev–Trinajstić information content (AvgIpc) is 3.04. The molecule has 0 aromatic carbocycles. The van der Waals surface area contributed by atoms with Gasteiger partial charge in [0.05, 0.1) is 11.0 Å². The Labute approximate surface area is 114 Å². The summed E-state index contributed by atoms with van der Waals surface area (Å²) in [5, 5.41) is 13.2. The molecule has 102 valence electrons. The first-order valence-electron chi connectivity index (χ1n) is 6.05. The molecule has 1 aliphatic heterocycles. The average molecular weight is 281 g/mol. The number of thiophene rings is 1. The number of rotatable bonds is 5. The SMILES string of the molecule is O=C(O)C=Cc1ccsc1C(=O)NCC1CCCO1. The summed E-state index contributed by atoms with van der Waals surface area (Å²) in [6, 6.07) is 1.73. The van der Waals surface area contributed by atoms with E-state index in [9.17, 15) is 9.59 Å². The lowest BCUT2D eigenvalue weighted by Crippen LogP contribution is -2.31. The fourth-order valence-electron chi connectivity index (χ4n) is 1.89. The lowest BCUT2D eigenvalue weighted by molar-refractivity contribution is -0.131. The van der Waals surface area contributed by atoms with E-state index in [1.165, 1.54) is 17.4 Å². The van der Waals surface area contributed by atoms with Crippen LogP contribution in [0.1, 0.15) is 28.1 Å². The van der Waals surface area contributed by atoms with E-state index >= 15 is 0 Å². The minimum absolute atomic E-state index is 0.0990. The molecular weight excluding hydrogens is 266 g/mol. The maximum atomic E-state index is 12.0. The fraction of sp³-hybridized carbons (Fsp3) is 0.385. The molecule has 1 fully saturated rings. The topological polar surface area (TPSA) is 75.6 Å². The number of amides is 1. The lowest BCUT2D eigenvalue weighted by Gasteiger charge is -2.10. The molecule has 0 spiro atoms. The van der Waals surface area contributed by atoms with Gasteiger partial charge in [0, 0.05) is 19.2 Å². The summed E-state index contributed by atoms with van der Waals surface area (Å²) in [4.78, 5) is 23.0. The van der Waals surface area contributed by atoms with Gasteiger partial charge in [0.1, 0.15) is 0 Å². The standard InChI is InChI=1S/C13H15NO4S/c15-11(16)4-3-9-5-7-19-12(9)13(17)14-8-10-2-1-6-18-10/h3-5,7,10H,1-2,6,8H2,(H,14,17)(H,15,16). The highest BCUT2D eigenvalue weighted by Gasteiger charge is 2.18. The van der Waals surface area contributed by atoms with E-state index in [1.807, 2.05) is 0 Å². The van der Waals surface area contributed by atoms with Crippen LogP contribution in [0.4, 0.5) is 0 Å². The summed E-state index contributed by atoms with van der Waals surface area (Å²) in [5.74, 6) is -1.22. The van der Waals surface area contributed by atoms with Crippen molar-refractivity contribution < 1.29 is 19.4 Å². The van der Waals surface area contributed by atoms with Crippen LogP contribution in [0.25, 0.3) is 6.08 Å². The van der Waals surface area contributed by atoms with Gasteiger partial charge in [0.25, 0.3) is 5.91 Å². The van der Waals surface area contributed by atoms with Crippen LogP contribution in [0.3, 0.4) is 0 Å². The highest BCUT2D eigenvalue weighted by molar-refractivity contribution is 7.12. The molecule has 1 saturated heterocycles. The van der Waals surface area contributed by atoms with Gasteiger partial charge in [-0.1, -0.05) is 0 Å². The normalized spacial score (nSPS) is 18.8. The van der Waals surface area contributed by atoms with E-state index in [1.54, 1.807) is 11.4 Å². The van der Waals surface area contributed by atoms with Crippen molar-refractivity contribution in [2.24, 2.45) is 0 Å². The lowest BCUT2D eigenvalue weighted by atomic mass is 10.2. The first-order valence-corrected chi connectivity index (χ1v) is 6.93. The number of hydrogen-bond acceptors (Lipinski definition) is 4. The van der Waals surface area contributed by atoms with Crippen molar-refractivity contribution in [3.63, 3.8) is 0 Å². The summed E-state index contributed by atoms with van der Waals surface area (Å²) in [6.07, 6.45) is 4.56. The van der Waals surface area contributed by atoms with Crippen LogP contribution in [0.2, 0.25) is 0 Å². The molecule has 5 nitrogen and oxygen atoms in total. The molecule has 1 unspecified atom stereocenters. The summed E-state index contributed by atoms with van der Waals surface area (Å²) in [5.41, 5.74) is 0.622. The largest absolute Gasteiger partial charge is 0.478 e. The van der Waals surface area contributed by atoms with Gasteiger partial charge in [-0.2, -0.15) is 0 Å². The fourth-order valence-corrected chi connectivity index (χ4v) is 2.69. The molecule has 1 aromatic rings. The van der Waals surface area contributed by atoms with Crippen molar-refractivity contribution in [2.75, 3.05) is 13.2 Å². The van der Waals surface area contributed by atoms with Gasteiger partial charge in [0.2, 0.25) is 0 Å².